The number of pyridine rings is 1. The summed E-state index contributed by atoms with van der Waals surface area (Å²) in [7, 11) is 0. The summed E-state index contributed by atoms with van der Waals surface area (Å²) in [5.41, 5.74) is 1.55. The summed E-state index contributed by atoms with van der Waals surface area (Å²) in [6, 6.07) is 2.40. The number of aryl methyl sites for hydroxylation is 2. The molecule has 23 heavy (non-hydrogen) atoms. The van der Waals surface area contributed by atoms with Gasteiger partial charge in [0.15, 0.2) is 0 Å². The lowest BCUT2D eigenvalue weighted by atomic mass is 10.2. The van der Waals surface area contributed by atoms with Gasteiger partial charge in [-0.1, -0.05) is 0 Å². The Morgan fingerprint density at radius 2 is 1.91 bits per heavy atom. The third-order valence-electron chi connectivity index (χ3n) is 3.28. The molecule has 0 spiro atoms. The van der Waals surface area contributed by atoms with Gasteiger partial charge in [0.1, 0.15) is 5.82 Å². The summed E-state index contributed by atoms with van der Waals surface area (Å²) in [6.07, 6.45) is -1.48. The largest absolute Gasteiger partial charge is 0.417 e. The Morgan fingerprint density at radius 1 is 1.13 bits per heavy atom. The number of aromatic nitrogens is 4. The fraction of sp³-hybridized carbons (Fsp3) is 0.267. The summed E-state index contributed by atoms with van der Waals surface area (Å²) in [4.78, 5) is 16.7. The molecule has 3 rings (SSSR count). The number of aromatic amines is 1. The third-order valence-corrected chi connectivity index (χ3v) is 4.38. The first-order valence-corrected chi connectivity index (χ1v) is 7.65. The van der Waals surface area contributed by atoms with Gasteiger partial charge in [0.2, 0.25) is 0 Å². The maximum absolute atomic E-state index is 12.5. The number of nitrogens with zero attached hydrogens (tertiary/aromatic N) is 3. The van der Waals surface area contributed by atoms with Crippen LogP contribution in [0.5, 0.6) is 0 Å². The summed E-state index contributed by atoms with van der Waals surface area (Å²) in [5.74, 6) is 0.651. The van der Waals surface area contributed by atoms with Crippen LogP contribution in [0.15, 0.2) is 24.5 Å². The van der Waals surface area contributed by atoms with E-state index in [1.54, 1.807) is 17.5 Å². The first kappa shape index (κ1) is 15.7. The SMILES string of the molecule is Cc1nc(C)c(-c2cnc(Cc3ccc(C(F)(F)F)cn3)[nH]2)s1. The second kappa shape index (κ2) is 5.77. The van der Waals surface area contributed by atoms with Gasteiger partial charge in [-0.3, -0.25) is 4.98 Å². The molecule has 0 unspecified atom stereocenters. The van der Waals surface area contributed by atoms with E-state index < -0.39 is 11.7 Å². The zero-order valence-corrected chi connectivity index (χ0v) is 13.2. The monoisotopic (exact) mass is 338 g/mol. The van der Waals surface area contributed by atoms with Gasteiger partial charge in [-0.25, -0.2) is 9.97 Å². The van der Waals surface area contributed by atoms with Crippen LogP contribution in [0.3, 0.4) is 0 Å². The Hall–Kier alpha value is -2.22. The highest BCUT2D eigenvalue weighted by molar-refractivity contribution is 7.15. The minimum atomic E-state index is -4.37. The first-order valence-electron chi connectivity index (χ1n) is 6.83. The molecule has 3 heterocycles. The molecule has 0 saturated heterocycles. The van der Waals surface area contributed by atoms with Crippen molar-refractivity contribution in [2.24, 2.45) is 0 Å². The predicted octanol–water partition coefficient (Wildman–Crippen LogP) is 4.15. The van der Waals surface area contributed by atoms with E-state index in [0.717, 1.165) is 33.5 Å². The van der Waals surface area contributed by atoms with Gasteiger partial charge in [-0.05, 0) is 26.0 Å². The van der Waals surface area contributed by atoms with Crippen molar-refractivity contribution in [3.63, 3.8) is 0 Å². The topological polar surface area (TPSA) is 54.5 Å². The van der Waals surface area contributed by atoms with E-state index >= 15 is 0 Å². The summed E-state index contributed by atoms with van der Waals surface area (Å²) < 4.78 is 37.5. The number of halogens is 3. The zero-order valence-electron chi connectivity index (χ0n) is 12.4. The molecule has 4 nitrogen and oxygen atoms in total. The maximum Gasteiger partial charge on any atom is 0.417 e. The fourth-order valence-electron chi connectivity index (χ4n) is 2.22. The van der Waals surface area contributed by atoms with Crippen LogP contribution in [0.1, 0.15) is 27.8 Å². The summed E-state index contributed by atoms with van der Waals surface area (Å²) in [6.45, 7) is 3.86. The average molecular weight is 338 g/mol. The highest BCUT2D eigenvalue weighted by Crippen LogP contribution is 2.29. The Bertz CT molecular complexity index is 818. The fourth-order valence-corrected chi connectivity index (χ4v) is 3.10. The van der Waals surface area contributed by atoms with Gasteiger partial charge < -0.3 is 4.98 Å². The van der Waals surface area contributed by atoms with Crippen LogP contribution in [0, 0.1) is 13.8 Å². The smallest absolute Gasteiger partial charge is 0.341 e. The van der Waals surface area contributed by atoms with E-state index in [4.69, 9.17) is 0 Å². The van der Waals surface area contributed by atoms with E-state index in [-0.39, 0.29) is 0 Å². The second-order valence-electron chi connectivity index (χ2n) is 5.10. The molecule has 8 heteroatoms. The number of hydrogen-bond acceptors (Lipinski definition) is 4. The number of hydrogen-bond donors (Lipinski definition) is 1. The Kier molecular flexibility index (Phi) is 3.93. The number of alkyl halides is 3. The van der Waals surface area contributed by atoms with Crippen LogP contribution >= 0.6 is 11.3 Å². The highest BCUT2D eigenvalue weighted by atomic mass is 32.1. The zero-order chi connectivity index (χ0) is 16.6. The van der Waals surface area contributed by atoms with Gasteiger partial charge in [0, 0.05) is 18.3 Å². The lowest BCUT2D eigenvalue weighted by Gasteiger charge is -2.06. The molecule has 120 valence electrons. The van der Waals surface area contributed by atoms with Gasteiger partial charge in [0.25, 0.3) is 0 Å². The molecule has 0 saturated carbocycles. The summed E-state index contributed by atoms with van der Waals surface area (Å²) >= 11 is 1.57. The molecule has 0 atom stereocenters. The number of thiazole rings is 1. The van der Waals surface area contributed by atoms with E-state index in [1.807, 2.05) is 13.8 Å². The van der Waals surface area contributed by atoms with Crippen molar-refractivity contribution in [2.75, 3.05) is 0 Å². The number of rotatable bonds is 3. The molecular formula is C15H13F3N4S. The normalized spacial score (nSPS) is 11.9. The molecule has 0 aliphatic heterocycles. The third kappa shape index (κ3) is 3.42. The van der Waals surface area contributed by atoms with Gasteiger partial charge in [-0.15, -0.1) is 11.3 Å². The quantitative estimate of drug-likeness (QED) is 0.780. The molecule has 0 amide bonds. The molecule has 0 aliphatic rings. The molecule has 0 bridgehead atoms. The molecule has 0 radical (unpaired) electrons. The number of H-pyrrole nitrogens is 1. The van der Waals surface area contributed by atoms with Crippen molar-refractivity contribution in [3.05, 3.63) is 52.3 Å². The van der Waals surface area contributed by atoms with E-state index in [0.29, 0.717) is 17.9 Å². The van der Waals surface area contributed by atoms with E-state index in [9.17, 15) is 13.2 Å². The van der Waals surface area contributed by atoms with Crippen molar-refractivity contribution in [1.29, 1.82) is 0 Å². The van der Waals surface area contributed by atoms with Crippen molar-refractivity contribution >= 4 is 11.3 Å². The van der Waals surface area contributed by atoms with Crippen molar-refractivity contribution in [1.82, 2.24) is 19.9 Å². The van der Waals surface area contributed by atoms with Crippen LogP contribution in [0.2, 0.25) is 0 Å². The minimum Gasteiger partial charge on any atom is -0.341 e. The van der Waals surface area contributed by atoms with Crippen molar-refractivity contribution < 1.29 is 13.2 Å². The molecule has 3 aromatic rings. The van der Waals surface area contributed by atoms with Crippen LogP contribution < -0.4 is 0 Å². The van der Waals surface area contributed by atoms with Crippen LogP contribution in [0.4, 0.5) is 13.2 Å². The Labute approximate surface area is 134 Å². The van der Waals surface area contributed by atoms with Crippen LogP contribution in [0.25, 0.3) is 10.6 Å². The van der Waals surface area contributed by atoms with Gasteiger partial charge in [-0.2, -0.15) is 13.2 Å². The van der Waals surface area contributed by atoms with Crippen molar-refractivity contribution in [3.8, 4) is 10.6 Å². The molecular weight excluding hydrogens is 325 g/mol. The molecule has 1 N–H and O–H groups in total. The molecule has 0 aliphatic carbocycles. The van der Waals surface area contributed by atoms with E-state index in [1.165, 1.54) is 6.07 Å². The lowest BCUT2D eigenvalue weighted by molar-refractivity contribution is -0.137. The highest BCUT2D eigenvalue weighted by Gasteiger charge is 2.30. The Morgan fingerprint density at radius 3 is 2.48 bits per heavy atom. The predicted molar refractivity (Wildman–Crippen MR) is 81.2 cm³/mol. The standard InChI is InChI=1S/C15H13F3N4S/c1-8-14(23-9(2)21-8)12-7-20-13(22-12)5-11-4-3-10(6-19-11)15(16,17)18/h3-4,6-7H,5H2,1-2H3,(H,20,22). The summed E-state index contributed by atoms with van der Waals surface area (Å²) in [5, 5.41) is 0.970. The van der Waals surface area contributed by atoms with Crippen LogP contribution in [-0.4, -0.2) is 19.9 Å². The molecule has 0 aromatic carbocycles. The van der Waals surface area contributed by atoms with Gasteiger partial charge in [0.05, 0.1) is 33.0 Å². The molecule has 0 fully saturated rings. The Balaban J connectivity index is 1.78. The lowest BCUT2D eigenvalue weighted by Crippen LogP contribution is -2.06. The maximum atomic E-state index is 12.5. The van der Waals surface area contributed by atoms with Gasteiger partial charge >= 0.3 is 6.18 Å². The second-order valence-corrected chi connectivity index (χ2v) is 6.31. The minimum absolute atomic E-state index is 0.342. The average Bonchev–Trinajstić information content (AvgIpc) is 3.05. The number of nitrogens with one attached hydrogen (secondary N) is 1. The first-order chi connectivity index (χ1) is 10.8. The molecule has 3 aromatic heterocycles. The van der Waals surface area contributed by atoms with E-state index in [2.05, 4.69) is 19.9 Å². The van der Waals surface area contributed by atoms with Crippen molar-refractivity contribution in [2.45, 2.75) is 26.4 Å². The van der Waals surface area contributed by atoms with Crippen LogP contribution in [-0.2, 0) is 12.6 Å². The number of imidazole rings is 1.